The molecule has 0 spiro atoms. The normalized spacial score (nSPS) is 19.2. The average Bonchev–Trinajstić information content (AvgIpc) is 2.75. The first-order chi connectivity index (χ1) is 8.67. The topological polar surface area (TPSA) is 81.0 Å². The van der Waals surface area contributed by atoms with Crippen LogP contribution in [0, 0.1) is 11.3 Å². The maximum atomic E-state index is 11.7. The highest BCUT2D eigenvalue weighted by molar-refractivity contribution is 5.88. The van der Waals surface area contributed by atoms with Crippen LogP contribution in [0.4, 0.5) is 10.6 Å². The second kappa shape index (κ2) is 5.47. The fourth-order valence-corrected chi connectivity index (χ4v) is 1.92. The molecule has 1 aromatic heterocycles. The molecule has 0 aliphatic carbocycles. The van der Waals surface area contributed by atoms with Crippen LogP contribution < -0.4 is 10.6 Å². The van der Waals surface area contributed by atoms with Crippen molar-refractivity contribution >= 4 is 11.8 Å². The van der Waals surface area contributed by atoms with E-state index in [0.717, 1.165) is 19.5 Å². The number of urea groups is 1. The summed E-state index contributed by atoms with van der Waals surface area (Å²) in [6, 6.07) is 5.13. The third-order valence-electron chi connectivity index (χ3n) is 2.86. The summed E-state index contributed by atoms with van der Waals surface area (Å²) >= 11 is 0. The van der Waals surface area contributed by atoms with Gasteiger partial charge in [-0.25, -0.2) is 9.78 Å². The fourth-order valence-electron chi connectivity index (χ4n) is 1.92. The summed E-state index contributed by atoms with van der Waals surface area (Å²) in [6.45, 7) is 1.87. The lowest BCUT2D eigenvalue weighted by molar-refractivity contribution is 0.248. The number of rotatable bonds is 2. The van der Waals surface area contributed by atoms with Crippen LogP contribution in [0.1, 0.15) is 12.0 Å². The van der Waals surface area contributed by atoms with Gasteiger partial charge in [0.25, 0.3) is 0 Å². The van der Waals surface area contributed by atoms with Crippen LogP contribution in [-0.4, -0.2) is 42.1 Å². The van der Waals surface area contributed by atoms with Crippen molar-refractivity contribution in [2.24, 2.45) is 0 Å². The molecule has 2 heterocycles. The van der Waals surface area contributed by atoms with Gasteiger partial charge in [-0.15, -0.1) is 0 Å². The molecular weight excluding hydrogens is 230 g/mol. The number of anilines is 1. The number of hydrogen-bond acceptors (Lipinski definition) is 4. The van der Waals surface area contributed by atoms with Gasteiger partial charge < -0.3 is 10.2 Å². The predicted octanol–water partition coefficient (Wildman–Crippen LogP) is 0.779. The number of carbonyl (C=O) groups excluding carboxylic acids is 1. The average molecular weight is 245 g/mol. The number of amides is 2. The SMILES string of the molecule is CN1CC[C@@H](NC(=O)Nc2ccc(C#N)cn2)C1. The Bertz CT molecular complexity index is 464. The van der Waals surface area contributed by atoms with Gasteiger partial charge in [0.1, 0.15) is 11.9 Å². The highest BCUT2D eigenvalue weighted by Gasteiger charge is 2.20. The van der Waals surface area contributed by atoms with E-state index in [1.54, 1.807) is 12.1 Å². The molecule has 94 valence electrons. The van der Waals surface area contributed by atoms with Crippen molar-refractivity contribution in [1.29, 1.82) is 5.26 Å². The lowest BCUT2D eigenvalue weighted by Gasteiger charge is -2.13. The highest BCUT2D eigenvalue weighted by atomic mass is 16.2. The number of aromatic nitrogens is 1. The van der Waals surface area contributed by atoms with E-state index in [4.69, 9.17) is 5.26 Å². The maximum Gasteiger partial charge on any atom is 0.320 e. The van der Waals surface area contributed by atoms with E-state index in [1.807, 2.05) is 13.1 Å². The van der Waals surface area contributed by atoms with Gasteiger partial charge in [0, 0.05) is 18.8 Å². The van der Waals surface area contributed by atoms with Gasteiger partial charge in [-0.3, -0.25) is 5.32 Å². The number of pyridine rings is 1. The standard InChI is InChI=1S/C12H15N5O/c1-17-5-4-10(8-17)15-12(18)16-11-3-2-9(6-13)7-14-11/h2-3,7,10H,4-5,8H2,1H3,(H2,14,15,16,18)/t10-/m1/s1. The summed E-state index contributed by atoms with van der Waals surface area (Å²) in [5.41, 5.74) is 0.471. The summed E-state index contributed by atoms with van der Waals surface area (Å²) in [5, 5.41) is 14.2. The minimum Gasteiger partial charge on any atom is -0.334 e. The first kappa shape index (κ1) is 12.3. The summed E-state index contributed by atoms with van der Waals surface area (Å²) in [4.78, 5) is 17.8. The molecule has 1 aliphatic rings. The van der Waals surface area contributed by atoms with Crippen molar-refractivity contribution in [3.05, 3.63) is 23.9 Å². The molecule has 0 saturated carbocycles. The third kappa shape index (κ3) is 3.18. The quantitative estimate of drug-likeness (QED) is 0.806. The van der Waals surface area contributed by atoms with Crippen molar-refractivity contribution in [3.8, 4) is 6.07 Å². The Morgan fingerprint density at radius 2 is 2.44 bits per heavy atom. The second-order valence-electron chi connectivity index (χ2n) is 4.39. The van der Waals surface area contributed by atoms with Crippen LogP contribution in [0.15, 0.2) is 18.3 Å². The van der Waals surface area contributed by atoms with Gasteiger partial charge in [0.05, 0.1) is 5.56 Å². The van der Waals surface area contributed by atoms with Gasteiger partial charge >= 0.3 is 6.03 Å². The number of likely N-dealkylation sites (N-methyl/N-ethyl adjacent to an activating group) is 1. The molecule has 2 N–H and O–H groups in total. The van der Waals surface area contributed by atoms with Crippen molar-refractivity contribution in [3.63, 3.8) is 0 Å². The van der Waals surface area contributed by atoms with Crippen molar-refractivity contribution in [2.45, 2.75) is 12.5 Å². The molecule has 2 amide bonds. The van der Waals surface area contributed by atoms with E-state index in [1.165, 1.54) is 6.20 Å². The fraction of sp³-hybridized carbons (Fsp3) is 0.417. The van der Waals surface area contributed by atoms with Crippen LogP contribution in [-0.2, 0) is 0 Å². The Morgan fingerprint density at radius 1 is 1.61 bits per heavy atom. The Balaban J connectivity index is 1.85. The lowest BCUT2D eigenvalue weighted by atomic mass is 10.3. The van der Waals surface area contributed by atoms with Crippen molar-refractivity contribution in [1.82, 2.24) is 15.2 Å². The molecule has 2 rings (SSSR count). The zero-order valence-corrected chi connectivity index (χ0v) is 10.2. The largest absolute Gasteiger partial charge is 0.334 e. The zero-order valence-electron chi connectivity index (χ0n) is 10.2. The number of carbonyl (C=O) groups is 1. The minimum atomic E-state index is -0.257. The van der Waals surface area contributed by atoms with E-state index >= 15 is 0 Å². The lowest BCUT2D eigenvalue weighted by Crippen LogP contribution is -2.39. The summed E-state index contributed by atoms with van der Waals surface area (Å²) in [5.74, 6) is 0.442. The molecule has 0 radical (unpaired) electrons. The van der Waals surface area contributed by atoms with Crippen LogP contribution >= 0.6 is 0 Å². The summed E-state index contributed by atoms with van der Waals surface area (Å²) in [6.07, 6.45) is 2.39. The molecular formula is C12H15N5O. The first-order valence-corrected chi connectivity index (χ1v) is 5.79. The second-order valence-corrected chi connectivity index (χ2v) is 4.39. The number of nitrogens with one attached hydrogen (secondary N) is 2. The Hall–Kier alpha value is -2.13. The van der Waals surface area contributed by atoms with Gasteiger partial charge in [-0.05, 0) is 32.1 Å². The molecule has 1 aliphatic heterocycles. The molecule has 18 heavy (non-hydrogen) atoms. The molecule has 1 aromatic rings. The Labute approximate surface area is 106 Å². The van der Waals surface area contributed by atoms with E-state index < -0.39 is 0 Å². The smallest absolute Gasteiger partial charge is 0.320 e. The number of hydrogen-bond donors (Lipinski definition) is 2. The first-order valence-electron chi connectivity index (χ1n) is 5.79. The third-order valence-corrected chi connectivity index (χ3v) is 2.86. The van der Waals surface area contributed by atoms with Gasteiger partial charge in [-0.1, -0.05) is 0 Å². The zero-order chi connectivity index (χ0) is 13.0. The number of likely N-dealkylation sites (tertiary alicyclic amines) is 1. The van der Waals surface area contributed by atoms with Crippen LogP contribution in [0.2, 0.25) is 0 Å². The Kier molecular flexibility index (Phi) is 3.75. The van der Waals surface area contributed by atoms with Gasteiger partial charge in [0.15, 0.2) is 0 Å². The molecule has 6 nitrogen and oxygen atoms in total. The Morgan fingerprint density at radius 3 is 3.00 bits per heavy atom. The van der Waals surface area contributed by atoms with E-state index in [2.05, 4.69) is 20.5 Å². The maximum absolute atomic E-state index is 11.7. The monoisotopic (exact) mass is 245 g/mol. The van der Waals surface area contributed by atoms with E-state index in [9.17, 15) is 4.79 Å². The van der Waals surface area contributed by atoms with Crippen molar-refractivity contribution < 1.29 is 4.79 Å². The molecule has 1 fully saturated rings. The minimum absolute atomic E-state index is 0.188. The summed E-state index contributed by atoms with van der Waals surface area (Å²) in [7, 11) is 2.03. The molecule has 0 unspecified atom stereocenters. The van der Waals surface area contributed by atoms with Crippen LogP contribution in [0.3, 0.4) is 0 Å². The van der Waals surface area contributed by atoms with Gasteiger partial charge in [0.2, 0.25) is 0 Å². The van der Waals surface area contributed by atoms with E-state index in [-0.39, 0.29) is 12.1 Å². The molecule has 1 atom stereocenters. The molecule has 1 saturated heterocycles. The molecule has 0 aromatic carbocycles. The molecule has 0 bridgehead atoms. The van der Waals surface area contributed by atoms with E-state index in [0.29, 0.717) is 11.4 Å². The van der Waals surface area contributed by atoms with Gasteiger partial charge in [-0.2, -0.15) is 5.26 Å². The predicted molar refractivity (Wildman–Crippen MR) is 67.0 cm³/mol. The number of nitrogens with zero attached hydrogens (tertiary/aromatic N) is 3. The molecule has 6 heteroatoms. The van der Waals surface area contributed by atoms with Crippen LogP contribution in [0.25, 0.3) is 0 Å². The van der Waals surface area contributed by atoms with Crippen LogP contribution in [0.5, 0.6) is 0 Å². The summed E-state index contributed by atoms with van der Waals surface area (Å²) < 4.78 is 0. The highest BCUT2D eigenvalue weighted by Crippen LogP contribution is 2.07. The number of nitriles is 1. The van der Waals surface area contributed by atoms with Crippen molar-refractivity contribution in [2.75, 3.05) is 25.5 Å².